The molecule has 0 fully saturated rings. The number of hydrogen-bond donors (Lipinski definition) is 0. The molecule has 1 unspecified atom stereocenters. The van der Waals surface area contributed by atoms with Crippen molar-refractivity contribution in [3.63, 3.8) is 0 Å². The van der Waals surface area contributed by atoms with E-state index in [1.165, 1.54) is 0 Å². The molecule has 3 aromatic heterocycles. The Morgan fingerprint density at radius 2 is 1.90 bits per heavy atom. The SMILES string of the molecule is CCCC[S+]([O-])c1cc2nc(-c3ccc(OC)cc3)cc(-c3cnc(C)n3C)n2n1. The highest BCUT2D eigenvalue weighted by molar-refractivity contribution is 7.91. The number of ether oxygens (including phenoxy) is 1. The number of unbranched alkanes of at least 4 members (excludes halogenated alkanes) is 1. The van der Waals surface area contributed by atoms with Crippen LogP contribution in [0.15, 0.2) is 47.6 Å². The van der Waals surface area contributed by atoms with Gasteiger partial charge in [0.1, 0.15) is 17.3 Å². The fourth-order valence-corrected chi connectivity index (χ4v) is 4.45. The van der Waals surface area contributed by atoms with Gasteiger partial charge in [-0.25, -0.2) is 14.5 Å². The largest absolute Gasteiger partial charge is 0.610 e. The van der Waals surface area contributed by atoms with Crippen molar-refractivity contribution in [3.8, 4) is 28.4 Å². The number of aromatic nitrogens is 5. The van der Waals surface area contributed by atoms with Crippen LogP contribution in [-0.4, -0.2) is 41.6 Å². The summed E-state index contributed by atoms with van der Waals surface area (Å²) in [6.45, 7) is 4.05. The maximum Gasteiger partial charge on any atom is 0.265 e. The summed E-state index contributed by atoms with van der Waals surface area (Å²) >= 11 is -1.15. The van der Waals surface area contributed by atoms with Gasteiger partial charge in [-0.2, -0.15) is 0 Å². The summed E-state index contributed by atoms with van der Waals surface area (Å²) in [4.78, 5) is 9.23. The van der Waals surface area contributed by atoms with Gasteiger partial charge in [0, 0.05) is 23.8 Å². The van der Waals surface area contributed by atoms with Crippen molar-refractivity contribution in [1.82, 2.24) is 24.1 Å². The summed E-state index contributed by atoms with van der Waals surface area (Å²) in [5.41, 5.74) is 4.21. The van der Waals surface area contributed by atoms with E-state index in [4.69, 9.17) is 9.72 Å². The molecular weight excluding hydrogens is 398 g/mol. The third-order valence-electron chi connectivity index (χ3n) is 5.19. The van der Waals surface area contributed by atoms with E-state index >= 15 is 0 Å². The summed E-state index contributed by atoms with van der Waals surface area (Å²) < 4.78 is 21.7. The second kappa shape index (κ2) is 8.49. The van der Waals surface area contributed by atoms with Gasteiger partial charge < -0.3 is 13.9 Å². The minimum absolute atomic E-state index is 0.558. The average Bonchev–Trinajstić information content (AvgIpc) is 3.35. The second-order valence-corrected chi connectivity index (χ2v) is 8.68. The maximum absolute atomic E-state index is 12.7. The number of fused-ring (bicyclic) bond motifs is 1. The fraction of sp³-hybridized carbons (Fsp3) is 0.318. The zero-order chi connectivity index (χ0) is 21.3. The third kappa shape index (κ3) is 3.80. The van der Waals surface area contributed by atoms with Gasteiger partial charge in [0.2, 0.25) is 0 Å². The van der Waals surface area contributed by atoms with Gasteiger partial charge >= 0.3 is 0 Å². The van der Waals surface area contributed by atoms with E-state index in [0.717, 1.165) is 47.1 Å². The molecule has 0 aliphatic carbocycles. The lowest BCUT2D eigenvalue weighted by Gasteiger charge is -2.10. The third-order valence-corrected chi connectivity index (χ3v) is 6.52. The Bertz CT molecular complexity index is 1170. The molecule has 0 N–H and O–H groups in total. The zero-order valence-corrected chi connectivity index (χ0v) is 18.4. The zero-order valence-electron chi connectivity index (χ0n) is 17.6. The van der Waals surface area contributed by atoms with Crippen LogP contribution < -0.4 is 4.74 Å². The molecule has 1 atom stereocenters. The van der Waals surface area contributed by atoms with E-state index in [1.807, 2.05) is 61.1 Å². The van der Waals surface area contributed by atoms with Crippen LogP contribution in [0.25, 0.3) is 28.3 Å². The number of methoxy groups -OCH3 is 1. The molecule has 156 valence electrons. The molecule has 8 heteroatoms. The molecule has 1 aromatic carbocycles. The molecule has 0 spiro atoms. The molecule has 0 aliphatic heterocycles. The fourth-order valence-electron chi connectivity index (χ4n) is 3.28. The van der Waals surface area contributed by atoms with Crippen molar-refractivity contribution in [1.29, 1.82) is 0 Å². The van der Waals surface area contributed by atoms with Gasteiger partial charge in [0.25, 0.3) is 5.03 Å². The Balaban J connectivity index is 1.88. The lowest BCUT2D eigenvalue weighted by Crippen LogP contribution is -2.08. The predicted octanol–water partition coefficient (Wildman–Crippen LogP) is 4.02. The van der Waals surface area contributed by atoms with Crippen LogP contribution in [0, 0.1) is 6.92 Å². The lowest BCUT2D eigenvalue weighted by molar-refractivity contribution is 0.415. The van der Waals surface area contributed by atoms with Crippen molar-refractivity contribution in [2.24, 2.45) is 7.05 Å². The number of imidazole rings is 1. The normalized spacial score (nSPS) is 12.4. The first-order chi connectivity index (χ1) is 14.5. The van der Waals surface area contributed by atoms with Gasteiger partial charge in [0.05, 0.1) is 36.5 Å². The van der Waals surface area contributed by atoms with Crippen molar-refractivity contribution in [2.75, 3.05) is 12.9 Å². The first-order valence-electron chi connectivity index (χ1n) is 9.94. The van der Waals surface area contributed by atoms with Gasteiger partial charge in [-0.3, -0.25) is 0 Å². The Morgan fingerprint density at radius 3 is 2.53 bits per heavy atom. The Labute approximate surface area is 178 Å². The molecule has 7 nitrogen and oxygen atoms in total. The number of hydrogen-bond acceptors (Lipinski definition) is 5. The van der Waals surface area contributed by atoms with Crippen LogP contribution in [0.5, 0.6) is 5.75 Å². The highest BCUT2D eigenvalue weighted by atomic mass is 32.2. The highest BCUT2D eigenvalue weighted by Gasteiger charge is 2.20. The first kappa shape index (κ1) is 20.4. The van der Waals surface area contributed by atoms with Gasteiger partial charge in [-0.05, 0) is 43.7 Å². The summed E-state index contributed by atoms with van der Waals surface area (Å²) in [6.07, 6.45) is 3.73. The summed E-state index contributed by atoms with van der Waals surface area (Å²) in [6, 6.07) is 11.6. The topological polar surface area (TPSA) is 80.3 Å². The number of rotatable bonds is 7. The molecule has 4 aromatic rings. The van der Waals surface area contributed by atoms with E-state index in [1.54, 1.807) is 11.6 Å². The molecule has 0 amide bonds. The smallest absolute Gasteiger partial charge is 0.265 e. The molecule has 0 saturated heterocycles. The van der Waals surface area contributed by atoms with E-state index in [0.29, 0.717) is 16.4 Å². The minimum Gasteiger partial charge on any atom is -0.610 e. The van der Waals surface area contributed by atoms with Gasteiger partial charge in [-0.15, -0.1) is 5.10 Å². The standard InChI is InChI=1S/C22H25N5O2S/c1-5-6-11-30(28)22-13-21-24-18(16-7-9-17(29-4)10-8-16)12-19(27(21)25-22)20-14-23-15(2)26(20)3/h7-10,12-14H,5-6,11H2,1-4H3. The van der Waals surface area contributed by atoms with Crippen molar-refractivity contribution >= 4 is 16.8 Å². The summed E-state index contributed by atoms with van der Waals surface area (Å²) in [5.74, 6) is 2.30. The monoisotopic (exact) mass is 423 g/mol. The predicted molar refractivity (Wildman–Crippen MR) is 118 cm³/mol. The molecule has 0 saturated carbocycles. The van der Waals surface area contributed by atoms with Gasteiger partial charge in [-0.1, -0.05) is 13.3 Å². The van der Waals surface area contributed by atoms with E-state index in [9.17, 15) is 4.55 Å². The molecule has 30 heavy (non-hydrogen) atoms. The Hall–Kier alpha value is -2.84. The van der Waals surface area contributed by atoms with Gasteiger partial charge in [0.15, 0.2) is 5.65 Å². The van der Waals surface area contributed by atoms with Crippen LogP contribution in [0.1, 0.15) is 25.6 Å². The quantitative estimate of drug-likeness (QED) is 0.419. The van der Waals surface area contributed by atoms with Crippen LogP contribution in [-0.2, 0) is 18.2 Å². The van der Waals surface area contributed by atoms with E-state index < -0.39 is 11.2 Å². The van der Waals surface area contributed by atoms with Crippen LogP contribution >= 0.6 is 0 Å². The Morgan fingerprint density at radius 1 is 1.13 bits per heavy atom. The highest BCUT2D eigenvalue weighted by Crippen LogP contribution is 2.28. The Kier molecular flexibility index (Phi) is 5.78. The summed E-state index contributed by atoms with van der Waals surface area (Å²) in [5, 5.41) is 5.21. The van der Waals surface area contributed by atoms with Crippen LogP contribution in [0.4, 0.5) is 0 Å². The molecule has 3 heterocycles. The second-order valence-electron chi connectivity index (χ2n) is 7.16. The van der Waals surface area contributed by atoms with Crippen LogP contribution in [0.3, 0.4) is 0 Å². The van der Waals surface area contributed by atoms with Crippen molar-refractivity contribution in [2.45, 2.75) is 31.7 Å². The molecule has 0 radical (unpaired) electrons. The molecule has 4 rings (SSSR count). The van der Waals surface area contributed by atoms with Crippen molar-refractivity contribution in [3.05, 3.63) is 48.4 Å². The van der Waals surface area contributed by atoms with Crippen molar-refractivity contribution < 1.29 is 9.29 Å². The van der Waals surface area contributed by atoms with Crippen LogP contribution in [0.2, 0.25) is 0 Å². The van der Waals surface area contributed by atoms with E-state index in [2.05, 4.69) is 17.0 Å². The first-order valence-corrected chi connectivity index (χ1v) is 11.3. The number of aryl methyl sites for hydroxylation is 1. The molecule has 0 bridgehead atoms. The molecule has 0 aliphatic rings. The molecular formula is C22H25N5O2S. The minimum atomic E-state index is -1.15. The maximum atomic E-state index is 12.7. The lowest BCUT2D eigenvalue weighted by atomic mass is 10.1. The van der Waals surface area contributed by atoms with E-state index in [-0.39, 0.29) is 0 Å². The average molecular weight is 424 g/mol. The number of benzene rings is 1. The number of nitrogens with zero attached hydrogens (tertiary/aromatic N) is 5. The summed E-state index contributed by atoms with van der Waals surface area (Å²) in [7, 11) is 3.62.